The number of benzene rings is 1. The van der Waals surface area contributed by atoms with E-state index in [1.807, 2.05) is 44.4 Å². The Kier molecular flexibility index (Phi) is 4.56. The molecular formula is C17H19N5O2S. The SMILES string of the molecule is CNS(=O)(=O)c1cnc(Nc2ccc(C)cc2)c(-c2cn(C)cn2)c1. The fraction of sp³-hybridized carbons (Fsp3) is 0.176. The van der Waals surface area contributed by atoms with Crippen LogP contribution in [0.1, 0.15) is 5.56 Å². The lowest BCUT2D eigenvalue weighted by Crippen LogP contribution is -2.19. The van der Waals surface area contributed by atoms with Crippen molar-refractivity contribution in [2.24, 2.45) is 7.05 Å². The maximum atomic E-state index is 12.1. The summed E-state index contributed by atoms with van der Waals surface area (Å²) in [4.78, 5) is 8.72. The van der Waals surface area contributed by atoms with Crippen LogP contribution in [0.4, 0.5) is 11.5 Å². The number of pyridine rings is 1. The van der Waals surface area contributed by atoms with E-state index in [4.69, 9.17) is 0 Å². The highest BCUT2D eigenvalue weighted by Crippen LogP contribution is 2.29. The molecule has 3 aromatic rings. The quantitative estimate of drug-likeness (QED) is 0.732. The summed E-state index contributed by atoms with van der Waals surface area (Å²) in [5.41, 5.74) is 3.26. The van der Waals surface area contributed by atoms with Crippen molar-refractivity contribution in [1.82, 2.24) is 19.3 Å². The first-order valence-corrected chi connectivity index (χ1v) is 9.13. The number of imidazole rings is 1. The van der Waals surface area contributed by atoms with Gasteiger partial charge in [-0.05, 0) is 32.2 Å². The van der Waals surface area contributed by atoms with Crippen molar-refractivity contribution in [1.29, 1.82) is 0 Å². The van der Waals surface area contributed by atoms with E-state index in [0.29, 0.717) is 17.1 Å². The third kappa shape index (κ3) is 3.70. The smallest absolute Gasteiger partial charge is 0.241 e. The van der Waals surface area contributed by atoms with Crippen LogP contribution in [0.2, 0.25) is 0 Å². The minimum atomic E-state index is -3.59. The van der Waals surface area contributed by atoms with Gasteiger partial charge in [-0.3, -0.25) is 0 Å². The molecule has 2 N–H and O–H groups in total. The van der Waals surface area contributed by atoms with E-state index in [-0.39, 0.29) is 4.90 Å². The Hall–Kier alpha value is -2.71. The lowest BCUT2D eigenvalue weighted by atomic mass is 10.2. The number of rotatable bonds is 5. The predicted octanol–water partition coefficient (Wildman–Crippen LogP) is 2.44. The van der Waals surface area contributed by atoms with Gasteiger partial charge in [-0.2, -0.15) is 0 Å². The van der Waals surface area contributed by atoms with Crippen molar-refractivity contribution < 1.29 is 8.42 Å². The molecule has 1 aromatic carbocycles. The van der Waals surface area contributed by atoms with Gasteiger partial charge < -0.3 is 9.88 Å². The van der Waals surface area contributed by atoms with Gasteiger partial charge in [0.15, 0.2) is 0 Å². The van der Waals surface area contributed by atoms with Crippen molar-refractivity contribution >= 4 is 21.5 Å². The van der Waals surface area contributed by atoms with E-state index in [0.717, 1.165) is 11.3 Å². The second-order valence-electron chi connectivity index (χ2n) is 5.69. The molecule has 2 aromatic heterocycles. The normalized spacial score (nSPS) is 11.5. The lowest BCUT2D eigenvalue weighted by molar-refractivity contribution is 0.588. The fourth-order valence-electron chi connectivity index (χ4n) is 2.33. The highest BCUT2D eigenvalue weighted by Gasteiger charge is 2.17. The zero-order chi connectivity index (χ0) is 18.0. The van der Waals surface area contributed by atoms with Crippen LogP contribution in [0.3, 0.4) is 0 Å². The number of aromatic nitrogens is 3. The number of nitrogens with zero attached hydrogens (tertiary/aromatic N) is 3. The van der Waals surface area contributed by atoms with Gasteiger partial charge in [0, 0.05) is 30.7 Å². The van der Waals surface area contributed by atoms with Crippen LogP contribution in [0.5, 0.6) is 0 Å². The molecule has 0 unspecified atom stereocenters. The van der Waals surface area contributed by atoms with Gasteiger partial charge in [-0.1, -0.05) is 17.7 Å². The van der Waals surface area contributed by atoms with Gasteiger partial charge in [0.05, 0.1) is 12.0 Å². The molecule has 7 nitrogen and oxygen atoms in total. The summed E-state index contributed by atoms with van der Waals surface area (Å²) in [5.74, 6) is 0.539. The minimum Gasteiger partial charge on any atom is -0.340 e. The van der Waals surface area contributed by atoms with E-state index in [2.05, 4.69) is 20.0 Å². The predicted molar refractivity (Wildman–Crippen MR) is 97.1 cm³/mol. The van der Waals surface area contributed by atoms with Crippen molar-refractivity contribution in [3.63, 3.8) is 0 Å². The van der Waals surface area contributed by atoms with Crippen LogP contribution in [-0.4, -0.2) is 30.0 Å². The molecule has 0 bridgehead atoms. The first-order valence-electron chi connectivity index (χ1n) is 7.64. The van der Waals surface area contributed by atoms with Gasteiger partial charge in [0.2, 0.25) is 10.0 Å². The third-order valence-corrected chi connectivity index (χ3v) is 5.12. The molecular weight excluding hydrogens is 338 g/mol. The molecule has 0 spiro atoms. The number of hydrogen-bond donors (Lipinski definition) is 2. The maximum Gasteiger partial charge on any atom is 0.241 e. The second kappa shape index (κ2) is 6.66. The molecule has 3 rings (SSSR count). The molecule has 25 heavy (non-hydrogen) atoms. The van der Waals surface area contributed by atoms with E-state index < -0.39 is 10.0 Å². The van der Waals surface area contributed by atoms with Crippen LogP contribution >= 0.6 is 0 Å². The monoisotopic (exact) mass is 357 g/mol. The number of nitrogens with one attached hydrogen (secondary N) is 2. The molecule has 0 amide bonds. The van der Waals surface area contributed by atoms with Crippen LogP contribution < -0.4 is 10.0 Å². The number of anilines is 2. The van der Waals surface area contributed by atoms with Crippen molar-refractivity contribution in [2.75, 3.05) is 12.4 Å². The summed E-state index contributed by atoms with van der Waals surface area (Å²) in [7, 11) is -0.370. The number of aryl methyl sites for hydroxylation is 2. The van der Waals surface area contributed by atoms with Gasteiger partial charge in [0.1, 0.15) is 10.7 Å². The molecule has 130 valence electrons. The minimum absolute atomic E-state index is 0.0881. The molecule has 0 atom stereocenters. The Morgan fingerprint density at radius 2 is 1.84 bits per heavy atom. The highest BCUT2D eigenvalue weighted by atomic mass is 32.2. The first kappa shape index (κ1) is 17.1. The number of hydrogen-bond acceptors (Lipinski definition) is 5. The van der Waals surface area contributed by atoms with Gasteiger partial charge >= 0.3 is 0 Å². The molecule has 2 heterocycles. The topological polar surface area (TPSA) is 88.9 Å². The van der Waals surface area contributed by atoms with E-state index in [1.165, 1.54) is 13.2 Å². The Morgan fingerprint density at radius 1 is 1.12 bits per heavy atom. The molecule has 0 radical (unpaired) electrons. The number of sulfonamides is 1. The Morgan fingerprint density at radius 3 is 2.44 bits per heavy atom. The summed E-state index contributed by atoms with van der Waals surface area (Å²) in [6.07, 6.45) is 4.80. The van der Waals surface area contributed by atoms with Crippen molar-refractivity contribution in [3.05, 3.63) is 54.6 Å². The molecule has 0 fully saturated rings. The van der Waals surface area contributed by atoms with E-state index in [9.17, 15) is 8.42 Å². The molecule has 0 saturated carbocycles. The maximum absolute atomic E-state index is 12.1. The fourth-order valence-corrected chi connectivity index (χ4v) is 3.03. The summed E-state index contributed by atoms with van der Waals surface area (Å²) in [5, 5.41) is 3.23. The zero-order valence-corrected chi connectivity index (χ0v) is 15.0. The summed E-state index contributed by atoms with van der Waals surface area (Å²) < 4.78 is 28.3. The summed E-state index contributed by atoms with van der Waals surface area (Å²) in [6, 6.07) is 9.43. The standard InChI is InChI=1S/C17H19N5O2S/c1-12-4-6-13(7-5-12)21-17-15(16-10-22(3)11-20-16)8-14(9-19-17)25(23,24)18-2/h4-11,18H,1-3H3,(H,19,21). The molecule has 0 aliphatic heterocycles. The third-order valence-electron chi connectivity index (χ3n) is 3.74. The van der Waals surface area contributed by atoms with Crippen LogP contribution in [-0.2, 0) is 17.1 Å². The average molecular weight is 357 g/mol. The van der Waals surface area contributed by atoms with Gasteiger partial charge in [-0.15, -0.1) is 0 Å². The Labute approximate surface area is 146 Å². The zero-order valence-electron chi connectivity index (χ0n) is 14.2. The largest absolute Gasteiger partial charge is 0.340 e. The second-order valence-corrected chi connectivity index (χ2v) is 7.58. The first-order chi connectivity index (χ1) is 11.9. The van der Waals surface area contributed by atoms with E-state index >= 15 is 0 Å². The van der Waals surface area contributed by atoms with Gasteiger partial charge in [-0.25, -0.2) is 23.1 Å². The van der Waals surface area contributed by atoms with Crippen LogP contribution in [0, 0.1) is 6.92 Å². The summed E-state index contributed by atoms with van der Waals surface area (Å²) in [6.45, 7) is 2.01. The van der Waals surface area contributed by atoms with Gasteiger partial charge in [0.25, 0.3) is 0 Å². The van der Waals surface area contributed by atoms with Crippen molar-refractivity contribution in [2.45, 2.75) is 11.8 Å². The van der Waals surface area contributed by atoms with E-state index in [1.54, 1.807) is 17.0 Å². The molecule has 0 aliphatic carbocycles. The van der Waals surface area contributed by atoms with Crippen LogP contribution in [0.15, 0.2) is 53.9 Å². The summed E-state index contributed by atoms with van der Waals surface area (Å²) >= 11 is 0. The highest BCUT2D eigenvalue weighted by molar-refractivity contribution is 7.89. The lowest BCUT2D eigenvalue weighted by Gasteiger charge is -2.12. The molecule has 8 heteroatoms. The van der Waals surface area contributed by atoms with Crippen LogP contribution in [0.25, 0.3) is 11.3 Å². The molecule has 0 saturated heterocycles. The Balaban J connectivity index is 2.09. The average Bonchev–Trinajstić information content (AvgIpc) is 3.03. The molecule has 0 aliphatic rings. The van der Waals surface area contributed by atoms with Crippen molar-refractivity contribution in [3.8, 4) is 11.3 Å². The Bertz CT molecular complexity index is 994.